The Hall–Kier alpha value is -6.75. The molecule has 0 aliphatic carbocycles. The van der Waals surface area contributed by atoms with E-state index in [4.69, 9.17) is 4.74 Å². The van der Waals surface area contributed by atoms with Crippen LogP contribution in [0.1, 0.15) is 65.7 Å². The molecule has 0 spiro atoms. The van der Waals surface area contributed by atoms with Gasteiger partial charge in [-0.2, -0.15) is 5.10 Å². The van der Waals surface area contributed by atoms with Crippen molar-refractivity contribution in [3.63, 3.8) is 0 Å². The summed E-state index contributed by atoms with van der Waals surface area (Å²) >= 11 is 0. The van der Waals surface area contributed by atoms with Gasteiger partial charge in [0.2, 0.25) is 17.7 Å². The van der Waals surface area contributed by atoms with Gasteiger partial charge in [-0.05, 0) is 67.6 Å². The number of fused-ring (bicyclic) bond motifs is 2. The molecule has 16 nitrogen and oxygen atoms in total. The summed E-state index contributed by atoms with van der Waals surface area (Å²) in [6.07, 6.45) is 6.50. The van der Waals surface area contributed by atoms with Gasteiger partial charge in [0.15, 0.2) is 5.82 Å². The second-order valence-electron chi connectivity index (χ2n) is 18.0. The van der Waals surface area contributed by atoms with Crippen molar-refractivity contribution in [1.82, 2.24) is 43.5 Å². The monoisotopic (exact) mass is 900 g/mol. The highest BCUT2D eigenvalue weighted by Crippen LogP contribution is 2.43. The summed E-state index contributed by atoms with van der Waals surface area (Å²) < 4.78 is 29.9. The first-order chi connectivity index (χ1) is 31.8. The van der Waals surface area contributed by atoms with Gasteiger partial charge in [-0.1, -0.05) is 12.1 Å². The van der Waals surface area contributed by atoms with Crippen LogP contribution in [0.4, 0.5) is 10.1 Å². The number of rotatable bonds is 12. The molecule has 3 aromatic carbocycles. The van der Waals surface area contributed by atoms with E-state index in [1.165, 1.54) is 9.47 Å². The van der Waals surface area contributed by atoms with Crippen LogP contribution < -0.4 is 20.6 Å². The van der Waals surface area contributed by atoms with Crippen LogP contribution in [0.2, 0.25) is 0 Å². The molecule has 3 aliphatic rings. The average molecular weight is 901 g/mol. The van der Waals surface area contributed by atoms with Crippen molar-refractivity contribution in [3.05, 3.63) is 100 Å². The Labute approximate surface area is 382 Å². The highest BCUT2D eigenvalue weighted by Gasteiger charge is 2.34. The van der Waals surface area contributed by atoms with E-state index in [0.717, 1.165) is 67.9 Å². The predicted octanol–water partition coefficient (Wildman–Crippen LogP) is 4.68. The lowest BCUT2D eigenvalue weighted by atomic mass is 9.93. The van der Waals surface area contributed by atoms with Gasteiger partial charge in [0.1, 0.15) is 11.8 Å². The van der Waals surface area contributed by atoms with Gasteiger partial charge >= 0.3 is 5.69 Å². The van der Waals surface area contributed by atoms with E-state index in [0.29, 0.717) is 71.5 Å². The molecule has 2 atom stereocenters. The van der Waals surface area contributed by atoms with Crippen LogP contribution in [-0.4, -0.2) is 129 Å². The lowest BCUT2D eigenvalue weighted by molar-refractivity contribution is -0.136. The highest BCUT2D eigenvalue weighted by molar-refractivity contribution is 6.05. The number of amides is 4. The number of likely N-dealkylation sites (tertiary alicyclic amines) is 1. The second kappa shape index (κ2) is 18.3. The van der Waals surface area contributed by atoms with Crippen molar-refractivity contribution < 1.29 is 28.3 Å². The van der Waals surface area contributed by atoms with Gasteiger partial charge < -0.3 is 24.0 Å². The molecule has 4 amide bonds. The SMILES string of the molecule is COc1cc(N2CCN(CCc3cccc4c3n(C)c(=O)n4C3CCC(=O)NC3=O)CC2)ccc1-c1cc(C(=O)N(C)C)cc2c(F)c([C@H]3CCCN(C(=O)CCn4cccn4)C3)n(C)c12. The molecular weight excluding hydrogens is 844 g/mol. The standard InChI is InChI=1S/C49H57FN10O6/c1-53(2)48(64)33-27-36(46-37(28-33)43(50)45(54(46)3)32-10-7-19-58(30-32)42(62)17-22-59-20-8-18-51-59)35-13-12-34(29-40(35)66-5)57-25-23-56(24-26-57)21-16-31-9-6-11-38-44(31)55(4)49(65)60(38)39-14-15-41(61)52-47(39)63/h6,8-9,11-13,18,20,27-29,32,39H,7,10,14-17,19,21-26,30H2,1-5H3,(H,52,61,63)/t32-,39?/m0/s1. The zero-order valence-corrected chi connectivity index (χ0v) is 38.3. The van der Waals surface area contributed by atoms with E-state index in [9.17, 15) is 24.0 Å². The topological polar surface area (TPSA) is 152 Å². The maximum absolute atomic E-state index is 17.0. The minimum atomic E-state index is -0.732. The first-order valence-electron chi connectivity index (χ1n) is 22.8. The molecule has 1 N–H and O–H groups in total. The van der Waals surface area contributed by atoms with E-state index in [-0.39, 0.29) is 48.0 Å². The van der Waals surface area contributed by atoms with Crippen LogP contribution in [-0.2, 0) is 41.4 Å². The average Bonchev–Trinajstić information content (AvgIpc) is 4.01. The van der Waals surface area contributed by atoms with E-state index in [1.54, 1.807) is 49.8 Å². The molecule has 66 heavy (non-hydrogen) atoms. The van der Waals surface area contributed by atoms with E-state index < -0.39 is 11.9 Å². The molecule has 3 saturated heterocycles. The number of imidazole rings is 1. The molecule has 3 fully saturated rings. The molecule has 0 radical (unpaired) electrons. The Morgan fingerprint density at radius 2 is 1.71 bits per heavy atom. The van der Waals surface area contributed by atoms with Crippen molar-refractivity contribution in [2.75, 3.05) is 71.9 Å². The number of ether oxygens (including phenoxy) is 1. The molecular formula is C49H57FN10O6. The molecule has 6 heterocycles. The second-order valence-corrected chi connectivity index (χ2v) is 18.0. The van der Waals surface area contributed by atoms with Crippen molar-refractivity contribution >= 4 is 51.3 Å². The fraction of sp³-hybridized carbons (Fsp3) is 0.429. The lowest BCUT2D eigenvalue weighted by Gasteiger charge is -2.36. The number of imide groups is 1. The summed E-state index contributed by atoms with van der Waals surface area (Å²) in [5.74, 6) is -1.00. The number of nitrogens with one attached hydrogen (secondary N) is 1. The number of hydrogen-bond acceptors (Lipinski definition) is 9. The number of carbonyl (C=O) groups excluding carboxylic acids is 4. The quantitative estimate of drug-likeness (QED) is 0.173. The van der Waals surface area contributed by atoms with Gasteiger partial charge in [0.25, 0.3) is 5.91 Å². The molecule has 1 unspecified atom stereocenters. The van der Waals surface area contributed by atoms with Gasteiger partial charge in [0, 0.05) is 146 Å². The van der Waals surface area contributed by atoms with Crippen molar-refractivity contribution in [2.24, 2.45) is 14.1 Å². The van der Waals surface area contributed by atoms with Crippen molar-refractivity contribution in [3.8, 4) is 16.9 Å². The number of para-hydroxylation sites is 1. The minimum Gasteiger partial charge on any atom is -0.496 e. The Bertz CT molecular complexity index is 2910. The van der Waals surface area contributed by atoms with Crippen molar-refractivity contribution in [1.29, 1.82) is 0 Å². The van der Waals surface area contributed by atoms with Crippen LogP contribution in [0.3, 0.4) is 0 Å². The van der Waals surface area contributed by atoms with E-state index >= 15 is 4.39 Å². The smallest absolute Gasteiger partial charge is 0.329 e. The molecule has 9 rings (SSSR count). The molecule has 346 valence electrons. The number of piperidine rings is 2. The number of nitrogens with zero attached hydrogens (tertiary/aromatic N) is 9. The summed E-state index contributed by atoms with van der Waals surface area (Å²) in [4.78, 5) is 73.0. The number of aryl methyl sites for hydroxylation is 3. The zero-order valence-electron chi connectivity index (χ0n) is 38.3. The Morgan fingerprint density at radius 3 is 2.44 bits per heavy atom. The van der Waals surface area contributed by atoms with Gasteiger partial charge in [-0.15, -0.1) is 0 Å². The van der Waals surface area contributed by atoms with Crippen LogP contribution in [0.15, 0.2) is 71.8 Å². The Morgan fingerprint density at radius 1 is 0.909 bits per heavy atom. The number of methoxy groups -OCH3 is 1. The summed E-state index contributed by atoms with van der Waals surface area (Å²) in [6.45, 7) is 5.44. The number of benzene rings is 3. The first-order valence-corrected chi connectivity index (χ1v) is 22.8. The summed E-state index contributed by atoms with van der Waals surface area (Å²) in [5, 5.41) is 6.95. The predicted molar refractivity (Wildman–Crippen MR) is 249 cm³/mol. The number of hydrogen-bond donors (Lipinski definition) is 1. The maximum Gasteiger partial charge on any atom is 0.329 e. The number of anilines is 1. The number of carbonyl (C=O) groups is 4. The number of aromatic nitrogens is 5. The summed E-state index contributed by atoms with van der Waals surface area (Å²) in [7, 11) is 8.59. The fourth-order valence-electron chi connectivity index (χ4n) is 10.4. The lowest BCUT2D eigenvalue weighted by Crippen LogP contribution is -2.47. The van der Waals surface area contributed by atoms with Gasteiger partial charge in [-0.25, -0.2) is 9.18 Å². The van der Waals surface area contributed by atoms with Crippen molar-refractivity contribution in [2.45, 2.75) is 57.0 Å². The molecule has 0 saturated carbocycles. The first kappa shape index (κ1) is 44.5. The van der Waals surface area contributed by atoms with E-state index in [2.05, 4.69) is 26.3 Å². The Kier molecular flexibility index (Phi) is 12.3. The van der Waals surface area contributed by atoms with Crippen LogP contribution in [0.25, 0.3) is 33.1 Å². The maximum atomic E-state index is 17.0. The Balaban J connectivity index is 0.934. The largest absolute Gasteiger partial charge is 0.496 e. The third-order valence-corrected chi connectivity index (χ3v) is 13.8. The highest BCUT2D eigenvalue weighted by atomic mass is 19.1. The van der Waals surface area contributed by atoms with Crippen LogP contribution >= 0.6 is 0 Å². The summed E-state index contributed by atoms with van der Waals surface area (Å²) in [6, 6.07) is 16.5. The van der Waals surface area contributed by atoms with Gasteiger partial charge in [-0.3, -0.25) is 43.2 Å². The fourth-order valence-corrected chi connectivity index (χ4v) is 10.4. The zero-order chi connectivity index (χ0) is 46.4. The normalized spacial score (nSPS) is 18.3. The summed E-state index contributed by atoms with van der Waals surface area (Å²) in [5.41, 5.74) is 6.17. The molecule has 3 aromatic heterocycles. The molecule has 6 aromatic rings. The van der Waals surface area contributed by atoms with Crippen LogP contribution in [0.5, 0.6) is 5.75 Å². The number of piperazine rings is 1. The molecule has 0 bridgehead atoms. The third kappa shape index (κ3) is 8.24. The van der Waals surface area contributed by atoms with E-state index in [1.807, 2.05) is 65.2 Å². The van der Waals surface area contributed by atoms with Crippen LogP contribution in [0, 0.1) is 5.82 Å². The van der Waals surface area contributed by atoms with Gasteiger partial charge in [0.05, 0.1) is 29.4 Å². The minimum absolute atomic E-state index is 0.0172. The number of halogens is 1. The molecule has 3 aliphatic heterocycles. The third-order valence-electron chi connectivity index (χ3n) is 13.8. The molecule has 17 heteroatoms.